The number of aromatic nitrogens is 3. The Balaban J connectivity index is 1.71. The molecule has 3 heterocycles. The smallest absolute Gasteiger partial charge is 0.340 e. The summed E-state index contributed by atoms with van der Waals surface area (Å²) >= 11 is 5.91. The molecule has 5 nitrogen and oxygen atoms in total. The molecular weight excluding hydrogens is 290 g/mol. The second-order valence-corrected chi connectivity index (χ2v) is 5.05. The van der Waals surface area contributed by atoms with Gasteiger partial charge in [0.05, 0.1) is 16.3 Å². The minimum Gasteiger partial charge on any atom is -0.455 e. The van der Waals surface area contributed by atoms with Crippen LogP contribution in [0.5, 0.6) is 0 Å². The number of imidazole rings is 1. The standard InChI is InChI=1S/C15H12ClN3O2/c1-10-2-3-11(6-17-10)15(20)21-9-13-8-19-7-12(16)4-5-14(19)18-13/h2-8H,9H2,1H3. The lowest BCUT2D eigenvalue weighted by Gasteiger charge is -2.02. The fraction of sp³-hybridized carbons (Fsp3) is 0.133. The van der Waals surface area contributed by atoms with Gasteiger partial charge in [0.2, 0.25) is 0 Å². The third-order valence-electron chi connectivity index (χ3n) is 2.96. The number of hydrogen-bond acceptors (Lipinski definition) is 4. The van der Waals surface area contributed by atoms with Crippen molar-refractivity contribution in [1.82, 2.24) is 14.4 Å². The molecule has 3 rings (SSSR count). The first-order valence-corrected chi connectivity index (χ1v) is 6.72. The van der Waals surface area contributed by atoms with E-state index in [4.69, 9.17) is 16.3 Å². The second-order valence-electron chi connectivity index (χ2n) is 4.61. The first kappa shape index (κ1) is 13.6. The van der Waals surface area contributed by atoms with Crippen molar-refractivity contribution in [2.75, 3.05) is 0 Å². The van der Waals surface area contributed by atoms with Gasteiger partial charge in [0.1, 0.15) is 12.3 Å². The van der Waals surface area contributed by atoms with Gasteiger partial charge in [0, 0.05) is 24.3 Å². The van der Waals surface area contributed by atoms with Crippen molar-refractivity contribution in [3.8, 4) is 0 Å². The molecular formula is C15H12ClN3O2. The van der Waals surface area contributed by atoms with E-state index in [2.05, 4.69) is 9.97 Å². The van der Waals surface area contributed by atoms with E-state index in [0.717, 1.165) is 11.3 Å². The van der Waals surface area contributed by atoms with Crippen LogP contribution in [0.4, 0.5) is 0 Å². The van der Waals surface area contributed by atoms with E-state index in [0.29, 0.717) is 16.3 Å². The van der Waals surface area contributed by atoms with Crippen LogP contribution in [0.15, 0.2) is 42.9 Å². The third kappa shape index (κ3) is 3.03. The molecule has 3 aromatic heterocycles. The van der Waals surface area contributed by atoms with Gasteiger partial charge in [-0.2, -0.15) is 0 Å². The van der Waals surface area contributed by atoms with Crippen molar-refractivity contribution in [3.05, 3.63) is 64.8 Å². The van der Waals surface area contributed by atoms with Crippen LogP contribution >= 0.6 is 11.6 Å². The van der Waals surface area contributed by atoms with Crippen LogP contribution in [-0.4, -0.2) is 20.3 Å². The Morgan fingerprint density at radius 3 is 2.90 bits per heavy atom. The predicted octanol–water partition coefficient (Wildman–Crippen LogP) is 3.05. The van der Waals surface area contributed by atoms with Crippen molar-refractivity contribution < 1.29 is 9.53 Å². The highest BCUT2D eigenvalue weighted by Gasteiger charge is 2.09. The van der Waals surface area contributed by atoms with Gasteiger partial charge in [-0.25, -0.2) is 9.78 Å². The minimum absolute atomic E-state index is 0.103. The van der Waals surface area contributed by atoms with E-state index in [1.54, 1.807) is 41.1 Å². The Morgan fingerprint density at radius 1 is 1.29 bits per heavy atom. The number of hydrogen-bond donors (Lipinski definition) is 0. The number of halogens is 1. The third-order valence-corrected chi connectivity index (χ3v) is 3.19. The van der Waals surface area contributed by atoms with Crippen LogP contribution in [0.2, 0.25) is 5.02 Å². The number of fused-ring (bicyclic) bond motifs is 1. The number of pyridine rings is 2. The van der Waals surface area contributed by atoms with Crippen molar-refractivity contribution in [2.24, 2.45) is 0 Å². The van der Waals surface area contributed by atoms with Crippen LogP contribution in [0.1, 0.15) is 21.7 Å². The molecule has 3 aromatic rings. The van der Waals surface area contributed by atoms with Crippen LogP contribution in [0.3, 0.4) is 0 Å². The van der Waals surface area contributed by atoms with Crippen molar-refractivity contribution in [2.45, 2.75) is 13.5 Å². The molecule has 0 radical (unpaired) electrons. The largest absolute Gasteiger partial charge is 0.455 e. The highest BCUT2D eigenvalue weighted by atomic mass is 35.5. The lowest BCUT2D eigenvalue weighted by Crippen LogP contribution is -2.06. The molecule has 0 aliphatic rings. The summed E-state index contributed by atoms with van der Waals surface area (Å²) in [5.74, 6) is -0.419. The fourth-order valence-electron chi connectivity index (χ4n) is 1.90. The maximum atomic E-state index is 11.9. The zero-order chi connectivity index (χ0) is 14.8. The molecule has 0 aliphatic carbocycles. The second kappa shape index (κ2) is 5.54. The van der Waals surface area contributed by atoms with E-state index >= 15 is 0 Å². The number of rotatable bonds is 3. The highest BCUT2D eigenvalue weighted by molar-refractivity contribution is 6.30. The van der Waals surface area contributed by atoms with Crippen LogP contribution in [-0.2, 0) is 11.3 Å². The number of nitrogens with zero attached hydrogens (tertiary/aromatic N) is 3. The molecule has 0 unspecified atom stereocenters. The van der Waals surface area contributed by atoms with Gasteiger partial charge < -0.3 is 9.14 Å². The molecule has 0 atom stereocenters. The summed E-state index contributed by atoms with van der Waals surface area (Å²) in [6.07, 6.45) is 5.03. The summed E-state index contributed by atoms with van der Waals surface area (Å²) in [4.78, 5) is 20.3. The lowest BCUT2D eigenvalue weighted by atomic mass is 10.2. The molecule has 0 saturated heterocycles. The van der Waals surface area contributed by atoms with Gasteiger partial charge in [-0.05, 0) is 31.2 Å². The van der Waals surface area contributed by atoms with Crippen molar-refractivity contribution >= 4 is 23.2 Å². The van der Waals surface area contributed by atoms with Gasteiger partial charge in [-0.1, -0.05) is 11.6 Å². The molecule has 0 amide bonds. The highest BCUT2D eigenvalue weighted by Crippen LogP contribution is 2.12. The lowest BCUT2D eigenvalue weighted by molar-refractivity contribution is 0.0468. The first-order valence-electron chi connectivity index (χ1n) is 6.35. The molecule has 21 heavy (non-hydrogen) atoms. The molecule has 106 valence electrons. The predicted molar refractivity (Wildman–Crippen MR) is 78.3 cm³/mol. The van der Waals surface area contributed by atoms with Crippen LogP contribution < -0.4 is 0 Å². The quantitative estimate of drug-likeness (QED) is 0.698. The number of esters is 1. The summed E-state index contributed by atoms with van der Waals surface area (Å²) < 4.78 is 7.02. The SMILES string of the molecule is Cc1ccc(C(=O)OCc2cn3cc(Cl)ccc3n2)cn1. The average Bonchev–Trinajstić information content (AvgIpc) is 2.87. The molecule has 0 aliphatic heterocycles. The zero-order valence-corrected chi connectivity index (χ0v) is 12.0. The number of carbonyl (C=O) groups is 1. The molecule has 0 spiro atoms. The number of aryl methyl sites for hydroxylation is 1. The van der Waals surface area contributed by atoms with Gasteiger partial charge in [-0.3, -0.25) is 4.98 Å². The topological polar surface area (TPSA) is 56.5 Å². The Kier molecular flexibility index (Phi) is 3.58. The number of carbonyl (C=O) groups excluding carboxylic acids is 1. The Morgan fingerprint density at radius 2 is 2.14 bits per heavy atom. The summed E-state index contributed by atoms with van der Waals surface area (Å²) in [6.45, 7) is 1.96. The van der Waals surface area contributed by atoms with Crippen LogP contribution in [0, 0.1) is 6.92 Å². The van der Waals surface area contributed by atoms with E-state index < -0.39 is 5.97 Å². The molecule has 0 N–H and O–H groups in total. The van der Waals surface area contributed by atoms with Gasteiger partial charge in [0.25, 0.3) is 0 Å². The Bertz CT molecular complexity index is 796. The summed E-state index contributed by atoms with van der Waals surface area (Å²) in [5.41, 5.74) is 2.68. The Labute approximate surface area is 126 Å². The average molecular weight is 302 g/mol. The first-order chi connectivity index (χ1) is 10.1. The molecule has 0 aromatic carbocycles. The van der Waals surface area contributed by atoms with Gasteiger partial charge >= 0.3 is 5.97 Å². The van der Waals surface area contributed by atoms with E-state index in [1.807, 2.05) is 6.92 Å². The van der Waals surface area contributed by atoms with Crippen molar-refractivity contribution in [1.29, 1.82) is 0 Å². The summed E-state index contributed by atoms with van der Waals surface area (Å²) in [6, 6.07) is 7.02. The van der Waals surface area contributed by atoms with E-state index in [1.165, 1.54) is 6.20 Å². The van der Waals surface area contributed by atoms with Crippen molar-refractivity contribution in [3.63, 3.8) is 0 Å². The normalized spacial score (nSPS) is 10.8. The molecule has 0 saturated carbocycles. The Hall–Kier alpha value is -2.40. The van der Waals surface area contributed by atoms with Gasteiger partial charge in [-0.15, -0.1) is 0 Å². The fourth-order valence-corrected chi connectivity index (χ4v) is 2.07. The molecule has 6 heteroatoms. The van der Waals surface area contributed by atoms with E-state index in [-0.39, 0.29) is 6.61 Å². The van der Waals surface area contributed by atoms with Crippen LogP contribution in [0.25, 0.3) is 5.65 Å². The minimum atomic E-state index is -0.419. The molecule has 0 fully saturated rings. The monoisotopic (exact) mass is 301 g/mol. The maximum absolute atomic E-state index is 11.9. The number of ether oxygens (including phenoxy) is 1. The summed E-state index contributed by atoms with van der Waals surface area (Å²) in [5, 5.41) is 0.620. The molecule has 0 bridgehead atoms. The maximum Gasteiger partial charge on any atom is 0.340 e. The zero-order valence-electron chi connectivity index (χ0n) is 11.3. The van der Waals surface area contributed by atoms with Gasteiger partial charge in [0.15, 0.2) is 0 Å². The summed E-state index contributed by atoms with van der Waals surface area (Å²) in [7, 11) is 0. The van der Waals surface area contributed by atoms with E-state index in [9.17, 15) is 4.79 Å².